The second-order valence-electron chi connectivity index (χ2n) is 5.22. The van der Waals surface area contributed by atoms with E-state index in [9.17, 15) is 4.79 Å². The van der Waals surface area contributed by atoms with E-state index in [4.69, 9.17) is 10.5 Å². The number of nitrogens with two attached hydrogens (primary N) is 1. The van der Waals surface area contributed by atoms with Gasteiger partial charge in [0, 0.05) is 17.6 Å². The molecule has 0 aliphatic heterocycles. The third kappa shape index (κ3) is 4.75. The van der Waals surface area contributed by atoms with E-state index < -0.39 is 0 Å². The van der Waals surface area contributed by atoms with E-state index in [0.29, 0.717) is 12.8 Å². The quantitative estimate of drug-likeness (QED) is 0.843. The number of carbonyl (C=O) groups is 1. The normalized spacial score (nSPS) is 11.2. The molecule has 0 aliphatic rings. The molecule has 1 aromatic rings. The molecule has 0 unspecified atom stereocenters. The van der Waals surface area contributed by atoms with Crippen molar-refractivity contribution in [1.82, 2.24) is 0 Å². The molecule has 100 valence electrons. The van der Waals surface area contributed by atoms with Crippen molar-refractivity contribution in [3.8, 4) is 5.75 Å². The van der Waals surface area contributed by atoms with E-state index in [1.54, 1.807) is 7.11 Å². The van der Waals surface area contributed by atoms with E-state index >= 15 is 0 Å². The van der Waals surface area contributed by atoms with Crippen LogP contribution < -0.4 is 15.8 Å². The molecule has 0 saturated heterocycles. The van der Waals surface area contributed by atoms with Crippen LogP contribution in [-0.2, 0) is 4.79 Å². The molecule has 0 bridgehead atoms. The molecule has 0 radical (unpaired) electrons. The molecule has 0 aliphatic carbocycles. The largest absolute Gasteiger partial charge is 0.496 e. The van der Waals surface area contributed by atoms with E-state index in [-0.39, 0.29) is 11.4 Å². The molecule has 0 aromatic heterocycles. The van der Waals surface area contributed by atoms with E-state index in [2.05, 4.69) is 5.32 Å². The fourth-order valence-electron chi connectivity index (χ4n) is 1.62. The molecule has 1 amide bonds. The van der Waals surface area contributed by atoms with E-state index in [1.165, 1.54) is 0 Å². The lowest BCUT2D eigenvalue weighted by atomic mass is 10.00. The van der Waals surface area contributed by atoms with Crippen LogP contribution in [0.2, 0.25) is 0 Å². The summed E-state index contributed by atoms with van der Waals surface area (Å²) in [5.74, 6) is 0.800. The minimum atomic E-state index is -0.312. The Labute approximate surface area is 109 Å². The molecule has 0 spiro atoms. The number of amides is 1. The number of hydrogen-bond donors (Lipinski definition) is 2. The van der Waals surface area contributed by atoms with Gasteiger partial charge in [-0.2, -0.15) is 0 Å². The zero-order valence-corrected chi connectivity index (χ0v) is 11.5. The second-order valence-corrected chi connectivity index (χ2v) is 5.22. The number of anilines is 1. The van der Waals surface area contributed by atoms with Crippen molar-refractivity contribution in [2.45, 2.75) is 39.2 Å². The molecule has 1 aromatic carbocycles. The molecular weight excluding hydrogens is 228 g/mol. The average molecular weight is 250 g/mol. The van der Waals surface area contributed by atoms with Crippen molar-refractivity contribution in [3.63, 3.8) is 0 Å². The minimum absolute atomic E-state index is 0.0157. The molecule has 4 nitrogen and oxygen atoms in total. The number of methoxy groups -OCH3 is 1. The van der Waals surface area contributed by atoms with Crippen LogP contribution in [0.3, 0.4) is 0 Å². The van der Waals surface area contributed by atoms with E-state index in [0.717, 1.165) is 17.0 Å². The number of ether oxygens (including phenoxy) is 1. The zero-order valence-electron chi connectivity index (χ0n) is 11.5. The highest BCUT2D eigenvalue weighted by Crippen LogP contribution is 2.21. The van der Waals surface area contributed by atoms with Gasteiger partial charge >= 0.3 is 0 Å². The molecule has 0 fully saturated rings. The first-order chi connectivity index (χ1) is 8.31. The average Bonchev–Trinajstić information content (AvgIpc) is 2.26. The van der Waals surface area contributed by atoms with E-state index in [1.807, 2.05) is 39.0 Å². The summed E-state index contributed by atoms with van der Waals surface area (Å²) in [6, 6.07) is 5.57. The standard InChI is InChI=1S/C14H22N2O2/c1-10-9-11(5-6-12(10)18-4)16-13(17)7-8-14(2,3)15/h5-6,9H,7-8,15H2,1-4H3,(H,16,17). The van der Waals surface area contributed by atoms with Crippen molar-refractivity contribution in [3.05, 3.63) is 23.8 Å². The molecular formula is C14H22N2O2. The number of rotatable bonds is 5. The summed E-state index contributed by atoms with van der Waals surface area (Å²) in [4.78, 5) is 11.7. The highest BCUT2D eigenvalue weighted by Gasteiger charge is 2.13. The van der Waals surface area contributed by atoms with Crippen LogP contribution in [0.25, 0.3) is 0 Å². The lowest BCUT2D eigenvalue weighted by molar-refractivity contribution is -0.116. The number of benzene rings is 1. The molecule has 1 rings (SSSR count). The number of carbonyl (C=O) groups excluding carboxylic acids is 1. The Bertz CT molecular complexity index is 422. The van der Waals surface area contributed by atoms with Crippen molar-refractivity contribution < 1.29 is 9.53 Å². The first-order valence-corrected chi connectivity index (χ1v) is 6.05. The van der Waals surface area contributed by atoms with Crippen molar-refractivity contribution >= 4 is 11.6 Å². The zero-order chi connectivity index (χ0) is 13.8. The van der Waals surface area contributed by atoms with Crippen LogP contribution in [-0.4, -0.2) is 18.6 Å². The Morgan fingerprint density at radius 1 is 1.44 bits per heavy atom. The molecule has 0 saturated carbocycles. The maximum absolute atomic E-state index is 11.7. The third-order valence-electron chi connectivity index (χ3n) is 2.68. The SMILES string of the molecule is COc1ccc(NC(=O)CCC(C)(C)N)cc1C. The van der Waals surface area contributed by atoms with Crippen LogP contribution in [0.4, 0.5) is 5.69 Å². The summed E-state index contributed by atoms with van der Waals surface area (Å²) in [7, 11) is 1.63. The first kappa shape index (κ1) is 14.5. The molecule has 3 N–H and O–H groups in total. The van der Waals surface area contributed by atoms with Crippen LogP contribution in [0.1, 0.15) is 32.3 Å². The number of aryl methyl sites for hydroxylation is 1. The maximum atomic E-state index is 11.7. The first-order valence-electron chi connectivity index (χ1n) is 6.05. The van der Waals surface area contributed by atoms with Gasteiger partial charge in [0.1, 0.15) is 5.75 Å². The monoisotopic (exact) mass is 250 g/mol. The summed E-state index contributed by atoms with van der Waals surface area (Å²) in [6.45, 7) is 5.77. The lowest BCUT2D eigenvalue weighted by Crippen LogP contribution is -2.33. The van der Waals surface area contributed by atoms with Crippen molar-refractivity contribution in [2.24, 2.45) is 5.73 Å². The Kier molecular flexibility index (Phi) is 4.73. The fraction of sp³-hybridized carbons (Fsp3) is 0.500. The summed E-state index contributed by atoms with van der Waals surface area (Å²) in [5, 5.41) is 2.86. The van der Waals surface area contributed by atoms with Gasteiger partial charge in [-0.1, -0.05) is 0 Å². The van der Waals surface area contributed by atoms with Crippen LogP contribution in [0, 0.1) is 6.92 Å². The van der Waals surface area contributed by atoms with Gasteiger partial charge in [-0.25, -0.2) is 0 Å². The van der Waals surface area contributed by atoms with Crippen LogP contribution in [0.5, 0.6) is 5.75 Å². The van der Waals surface area contributed by atoms with Gasteiger partial charge in [0.15, 0.2) is 0 Å². The Balaban J connectivity index is 2.57. The Morgan fingerprint density at radius 2 is 2.11 bits per heavy atom. The topological polar surface area (TPSA) is 64.3 Å². The van der Waals surface area contributed by atoms with Gasteiger partial charge in [0.25, 0.3) is 0 Å². The van der Waals surface area contributed by atoms with Gasteiger partial charge in [-0.3, -0.25) is 4.79 Å². The van der Waals surface area contributed by atoms with Gasteiger partial charge < -0.3 is 15.8 Å². The Morgan fingerprint density at radius 3 is 2.61 bits per heavy atom. The summed E-state index contributed by atoms with van der Waals surface area (Å²) in [5.41, 5.74) is 7.31. The van der Waals surface area contributed by atoms with Crippen molar-refractivity contribution in [1.29, 1.82) is 0 Å². The Hall–Kier alpha value is -1.55. The summed E-state index contributed by atoms with van der Waals surface area (Å²) < 4.78 is 5.17. The van der Waals surface area contributed by atoms with Gasteiger partial charge in [-0.15, -0.1) is 0 Å². The minimum Gasteiger partial charge on any atom is -0.496 e. The van der Waals surface area contributed by atoms with Gasteiger partial charge in [0.05, 0.1) is 7.11 Å². The number of nitrogens with one attached hydrogen (secondary N) is 1. The predicted octanol–water partition coefficient (Wildman–Crippen LogP) is 2.46. The smallest absolute Gasteiger partial charge is 0.224 e. The third-order valence-corrected chi connectivity index (χ3v) is 2.68. The van der Waals surface area contributed by atoms with Gasteiger partial charge in [-0.05, 0) is 51.0 Å². The number of hydrogen-bond acceptors (Lipinski definition) is 3. The van der Waals surface area contributed by atoms with Crippen LogP contribution >= 0.6 is 0 Å². The fourth-order valence-corrected chi connectivity index (χ4v) is 1.62. The molecule has 4 heteroatoms. The molecule has 0 atom stereocenters. The summed E-state index contributed by atoms with van der Waals surface area (Å²) >= 11 is 0. The van der Waals surface area contributed by atoms with Gasteiger partial charge in [0.2, 0.25) is 5.91 Å². The second kappa shape index (κ2) is 5.87. The maximum Gasteiger partial charge on any atom is 0.224 e. The lowest BCUT2D eigenvalue weighted by Gasteiger charge is -2.17. The van der Waals surface area contributed by atoms with Crippen molar-refractivity contribution in [2.75, 3.05) is 12.4 Å². The summed E-state index contributed by atoms with van der Waals surface area (Å²) in [6.07, 6.45) is 1.09. The highest BCUT2D eigenvalue weighted by molar-refractivity contribution is 5.90. The van der Waals surface area contributed by atoms with Crippen LogP contribution in [0.15, 0.2) is 18.2 Å². The molecule has 18 heavy (non-hydrogen) atoms. The molecule has 0 heterocycles. The predicted molar refractivity (Wildman–Crippen MR) is 73.9 cm³/mol. The highest BCUT2D eigenvalue weighted by atomic mass is 16.5.